The largest absolute Gasteiger partial charge is 0.309 e. The van der Waals surface area contributed by atoms with Crippen LogP contribution in [0.15, 0.2) is 0 Å². The van der Waals surface area contributed by atoms with Gasteiger partial charge in [0.05, 0.1) is 0 Å². The van der Waals surface area contributed by atoms with Gasteiger partial charge in [-0.3, -0.25) is 14.7 Å². The number of hydrogen-bond acceptors (Lipinski definition) is 4. The van der Waals surface area contributed by atoms with Gasteiger partial charge in [0.1, 0.15) is 0 Å². The van der Waals surface area contributed by atoms with Crippen LogP contribution in [0.2, 0.25) is 0 Å². The molecule has 23 heavy (non-hydrogen) atoms. The minimum absolute atomic E-state index is 0.558. The van der Waals surface area contributed by atoms with Crippen molar-refractivity contribution in [2.75, 3.05) is 45.8 Å². The van der Waals surface area contributed by atoms with Crippen LogP contribution in [0.3, 0.4) is 0 Å². The summed E-state index contributed by atoms with van der Waals surface area (Å²) in [6.07, 6.45) is 5.66. The van der Waals surface area contributed by atoms with E-state index in [2.05, 4.69) is 47.7 Å². The van der Waals surface area contributed by atoms with Crippen LogP contribution in [0, 0.1) is 0 Å². The van der Waals surface area contributed by atoms with E-state index >= 15 is 0 Å². The number of nitrogens with zero attached hydrogens (tertiary/aromatic N) is 3. The Morgan fingerprint density at radius 3 is 2.30 bits per heavy atom. The molecule has 4 aliphatic rings. The van der Waals surface area contributed by atoms with E-state index in [-0.39, 0.29) is 0 Å². The number of nitrogens with one attached hydrogen (secondary N) is 1. The van der Waals surface area contributed by atoms with Crippen molar-refractivity contribution in [3.63, 3.8) is 0 Å². The molecule has 0 aromatic heterocycles. The molecule has 1 aliphatic carbocycles. The smallest absolute Gasteiger partial charge is 0.0310 e. The molecule has 134 valence electrons. The highest BCUT2D eigenvalue weighted by atomic mass is 15.3. The summed E-state index contributed by atoms with van der Waals surface area (Å²) in [7, 11) is 0. The van der Waals surface area contributed by atoms with Gasteiger partial charge in [0.25, 0.3) is 0 Å². The van der Waals surface area contributed by atoms with E-state index in [1.165, 1.54) is 71.5 Å². The summed E-state index contributed by atoms with van der Waals surface area (Å²) in [5.74, 6) is 0. The topological polar surface area (TPSA) is 21.8 Å². The van der Waals surface area contributed by atoms with Crippen molar-refractivity contribution in [3.8, 4) is 0 Å². The van der Waals surface area contributed by atoms with Crippen LogP contribution in [0.1, 0.15) is 53.4 Å². The first-order valence-electron chi connectivity index (χ1n) is 9.96. The molecule has 4 nitrogen and oxygen atoms in total. The summed E-state index contributed by atoms with van der Waals surface area (Å²) < 4.78 is 0. The fourth-order valence-electron chi connectivity index (χ4n) is 4.40. The first-order chi connectivity index (χ1) is 11.0. The molecule has 1 N–H and O–H groups in total. The van der Waals surface area contributed by atoms with Gasteiger partial charge in [-0.2, -0.15) is 0 Å². The first kappa shape index (κ1) is 17.7. The molecule has 0 radical (unpaired) electrons. The fraction of sp³-hybridized carbons (Fsp3) is 1.00. The van der Waals surface area contributed by atoms with Crippen LogP contribution < -0.4 is 5.32 Å². The molecule has 4 heteroatoms. The van der Waals surface area contributed by atoms with Crippen molar-refractivity contribution >= 4 is 0 Å². The fourth-order valence-corrected chi connectivity index (χ4v) is 4.40. The Balaban J connectivity index is 0.000000136. The van der Waals surface area contributed by atoms with Gasteiger partial charge >= 0.3 is 0 Å². The maximum absolute atomic E-state index is 3.61. The molecule has 4 rings (SSSR count). The van der Waals surface area contributed by atoms with Crippen molar-refractivity contribution in [1.82, 2.24) is 20.0 Å². The Morgan fingerprint density at radius 1 is 0.913 bits per heavy atom. The summed E-state index contributed by atoms with van der Waals surface area (Å²) in [5.41, 5.74) is 0.558. The quantitative estimate of drug-likeness (QED) is 0.839. The van der Waals surface area contributed by atoms with E-state index in [1.54, 1.807) is 0 Å². The van der Waals surface area contributed by atoms with E-state index in [4.69, 9.17) is 0 Å². The normalized spacial score (nSPS) is 31.3. The average Bonchev–Trinajstić information content (AvgIpc) is 3.11. The van der Waals surface area contributed by atoms with Gasteiger partial charge in [0.2, 0.25) is 0 Å². The van der Waals surface area contributed by atoms with Gasteiger partial charge in [-0.1, -0.05) is 0 Å². The lowest BCUT2D eigenvalue weighted by atomic mass is 10.1. The van der Waals surface area contributed by atoms with Crippen LogP contribution >= 0.6 is 0 Å². The lowest BCUT2D eigenvalue weighted by Crippen LogP contribution is -2.54. The molecule has 3 heterocycles. The minimum atomic E-state index is 0.558. The minimum Gasteiger partial charge on any atom is -0.309 e. The molecule has 0 aromatic carbocycles. The molecule has 1 atom stereocenters. The monoisotopic (exact) mass is 322 g/mol. The molecule has 1 spiro atoms. The molecule has 0 unspecified atom stereocenters. The predicted octanol–water partition coefficient (Wildman–Crippen LogP) is 2.01. The van der Waals surface area contributed by atoms with Gasteiger partial charge < -0.3 is 5.32 Å². The molecule has 3 saturated heterocycles. The van der Waals surface area contributed by atoms with Crippen LogP contribution in [-0.2, 0) is 0 Å². The van der Waals surface area contributed by atoms with E-state index in [9.17, 15) is 0 Å². The molecule has 1 saturated carbocycles. The van der Waals surface area contributed by atoms with Gasteiger partial charge in [-0.05, 0) is 59.9 Å². The summed E-state index contributed by atoms with van der Waals surface area (Å²) in [4.78, 5) is 7.87. The Bertz CT molecular complexity index is 378. The third-order valence-electron chi connectivity index (χ3n) is 6.34. The zero-order valence-corrected chi connectivity index (χ0v) is 15.9. The van der Waals surface area contributed by atoms with Gasteiger partial charge in [0.15, 0.2) is 0 Å². The molecule has 3 aliphatic heterocycles. The van der Waals surface area contributed by atoms with Crippen LogP contribution in [0.25, 0.3) is 0 Å². The van der Waals surface area contributed by atoms with Crippen molar-refractivity contribution in [2.45, 2.75) is 77.0 Å². The third kappa shape index (κ3) is 4.47. The summed E-state index contributed by atoms with van der Waals surface area (Å²) in [6.45, 7) is 18.2. The average molecular weight is 323 g/mol. The number of rotatable bonds is 2. The van der Waals surface area contributed by atoms with Crippen molar-refractivity contribution in [1.29, 1.82) is 0 Å². The van der Waals surface area contributed by atoms with Gasteiger partial charge in [0, 0.05) is 62.9 Å². The van der Waals surface area contributed by atoms with E-state index < -0.39 is 0 Å². The second-order valence-electron chi connectivity index (χ2n) is 8.69. The van der Waals surface area contributed by atoms with E-state index in [0.717, 1.165) is 18.1 Å². The summed E-state index contributed by atoms with van der Waals surface area (Å²) >= 11 is 0. The Hall–Kier alpha value is -0.160. The highest BCUT2D eigenvalue weighted by Crippen LogP contribution is 2.37. The van der Waals surface area contributed by atoms with E-state index in [0.29, 0.717) is 5.54 Å². The maximum atomic E-state index is 3.61. The molecule has 0 amide bonds. The predicted molar refractivity (Wildman–Crippen MR) is 98.0 cm³/mol. The molecular formula is C19H38N4. The van der Waals surface area contributed by atoms with Gasteiger partial charge in [-0.25, -0.2) is 0 Å². The van der Waals surface area contributed by atoms with E-state index in [1.807, 2.05) is 0 Å². The van der Waals surface area contributed by atoms with Crippen molar-refractivity contribution in [2.24, 2.45) is 0 Å². The standard InChI is InChI=1S/C10H20N2.C9H18N2/c1-9(2)12-7-6-11-5-3-4-10(11)8-12;1-8(2)11-6-5-10-9(7-11)3-4-9/h9-10H,3-8H2,1-2H3;8,10H,3-7H2,1-2H3/t10-;/m1./s1. The Labute approximate surface area is 143 Å². The van der Waals surface area contributed by atoms with Crippen LogP contribution in [0.4, 0.5) is 0 Å². The zero-order chi connectivity index (χ0) is 16.4. The summed E-state index contributed by atoms with van der Waals surface area (Å²) in [5, 5.41) is 3.61. The molecular weight excluding hydrogens is 284 g/mol. The number of hydrogen-bond donors (Lipinski definition) is 1. The second-order valence-corrected chi connectivity index (χ2v) is 8.69. The van der Waals surface area contributed by atoms with Crippen molar-refractivity contribution in [3.05, 3.63) is 0 Å². The number of piperazine rings is 2. The Kier molecular flexibility index (Phi) is 5.67. The Morgan fingerprint density at radius 2 is 1.65 bits per heavy atom. The van der Waals surface area contributed by atoms with Crippen molar-refractivity contribution < 1.29 is 0 Å². The molecule has 0 bridgehead atoms. The first-order valence-corrected chi connectivity index (χ1v) is 9.96. The summed E-state index contributed by atoms with van der Waals surface area (Å²) in [6, 6.07) is 2.36. The molecule has 4 fully saturated rings. The number of fused-ring (bicyclic) bond motifs is 1. The second kappa shape index (κ2) is 7.38. The van der Waals surface area contributed by atoms with Gasteiger partial charge in [-0.15, -0.1) is 0 Å². The lowest BCUT2D eigenvalue weighted by molar-refractivity contribution is 0.0827. The van der Waals surface area contributed by atoms with Crippen LogP contribution in [0.5, 0.6) is 0 Å². The lowest BCUT2D eigenvalue weighted by Gasteiger charge is -2.39. The molecule has 0 aromatic rings. The SMILES string of the molecule is CC(C)N1CCN2CCC[C@@H]2C1.CC(C)N1CCNC2(CC2)C1. The highest BCUT2D eigenvalue weighted by molar-refractivity contribution is 5.06. The van der Waals surface area contributed by atoms with Crippen LogP contribution in [-0.4, -0.2) is 84.2 Å². The maximum Gasteiger partial charge on any atom is 0.0310 e. The zero-order valence-electron chi connectivity index (χ0n) is 15.9. The highest BCUT2D eigenvalue weighted by Gasteiger charge is 2.45. The third-order valence-corrected chi connectivity index (χ3v) is 6.34.